The van der Waals surface area contributed by atoms with Crippen molar-refractivity contribution >= 4 is 11.6 Å². The van der Waals surface area contributed by atoms with E-state index >= 15 is 0 Å². The van der Waals surface area contributed by atoms with E-state index in [1.807, 2.05) is 0 Å². The van der Waals surface area contributed by atoms with Gasteiger partial charge in [-0.1, -0.05) is 12.1 Å². The Labute approximate surface area is 162 Å². The van der Waals surface area contributed by atoms with Crippen LogP contribution in [0.3, 0.4) is 0 Å². The van der Waals surface area contributed by atoms with Gasteiger partial charge in [-0.2, -0.15) is 18.0 Å². The van der Waals surface area contributed by atoms with Crippen molar-refractivity contribution in [1.82, 2.24) is 20.2 Å². The second kappa shape index (κ2) is 7.41. The van der Waals surface area contributed by atoms with Crippen molar-refractivity contribution in [3.8, 4) is 22.9 Å². The van der Waals surface area contributed by atoms with Gasteiger partial charge in [0, 0.05) is 17.3 Å². The first-order chi connectivity index (χ1) is 13.9. The Morgan fingerprint density at radius 1 is 1.10 bits per heavy atom. The zero-order chi connectivity index (χ0) is 20.4. The van der Waals surface area contributed by atoms with Gasteiger partial charge in [-0.25, -0.2) is 0 Å². The molecule has 1 amide bonds. The number of nitrogens with one attached hydrogen (secondary N) is 1. The van der Waals surface area contributed by atoms with Crippen molar-refractivity contribution in [3.63, 3.8) is 0 Å². The molecule has 0 saturated heterocycles. The Hall–Kier alpha value is -3.63. The summed E-state index contributed by atoms with van der Waals surface area (Å²) in [6, 6.07) is 9.55. The fraction of sp³-hybridized carbons (Fsp3) is 0.222. The van der Waals surface area contributed by atoms with Gasteiger partial charge < -0.3 is 14.8 Å². The summed E-state index contributed by atoms with van der Waals surface area (Å²) in [4.78, 5) is 13.2. The number of amides is 1. The zero-order valence-electron chi connectivity index (χ0n) is 14.8. The third-order valence-electron chi connectivity index (χ3n) is 4.01. The van der Waals surface area contributed by atoms with E-state index < -0.39 is 17.6 Å². The van der Waals surface area contributed by atoms with Gasteiger partial charge in [-0.05, 0) is 29.5 Å². The molecule has 0 bridgehead atoms. The van der Waals surface area contributed by atoms with E-state index in [9.17, 15) is 18.0 Å². The van der Waals surface area contributed by atoms with Gasteiger partial charge in [0.15, 0.2) is 11.5 Å². The van der Waals surface area contributed by atoms with Crippen molar-refractivity contribution in [2.24, 2.45) is 0 Å². The highest BCUT2D eigenvalue weighted by atomic mass is 19.4. The smallest absolute Gasteiger partial charge is 0.416 e. The Morgan fingerprint density at radius 3 is 2.69 bits per heavy atom. The zero-order valence-corrected chi connectivity index (χ0v) is 14.8. The molecule has 0 aliphatic carbocycles. The molecular weight excluding hydrogens is 391 g/mol. The Kier molecular flexibility index (Phi) is 4.79. The lowest BCUT2D eigenvalue weighted by molar-refractivity contribution is -0.137. The van der Waals surface area contributed by atoms with E-state index in [2.05, 4.69) is 20.7 Å². The average molecular weight is 405 g/mol. The summed E-state index contributed by atoms with van der Waals surface area (Å²) < 4.78 is 49.4. The molecule has 0 fully saturated rings. The van der Waals surface area contributed by atoms with E-state index in [1.54, 1.807) is 18.2 Å². The van der Waals surface area contributed by atoms with Crippen molar-refractivity contribution < 1.29 is 27.4 Å². The number of carbonyl (C=O) groups excluding carboxylic acids is 1. The summed E-state index contributed by atoms with van der Waals surface area (Å²) in [6.45, 7) is 0.622. The first kappa shape index (κ1) is 18.7. The summed E-state index contributed by atoms with van der Waals surface area (Å²) >= 11 is 0. The predicted molar refractivity (Wildman–Crippen MR) is 94.3 cm³/mol. The van der Waals surface area contributed by atoms with E-state index in [0.717, 1.165) is 16.9 Å². The molecule has 1 aliphatic rings. The molecule has 0 atom stereocenters. The third-order valence-corrected chi connectivity index (χ3v) is 4.01. The number of anilines is 1. The summed E-state index contributed by atoms with van der Waals surface area (Å²) in [6.07, 6.45) is -4.48. The molecule has 2 aromatic carbocycles. The molecule has 0 unspecified atom stereocenters. The normalized spacial score (nSPS) is 13.2. The van der Waals surface area contributed by atoms with Crippen molar-refractivity contribution in [1.29, 1.82) is 0 Å². The highest BCUT2D eigenvalue weighted by Gasteiger charge is 2.30. The highest BCUT2D eigenvalue weighted by Crippen LogP contribution is 2.33. The molecular formula is C18H14F3N5O3. The molecule has 3 aromatic rings. The minimum atomic E-state index is -4.48. The van der Waals surface area contributed by atoms with Crippen LogP contribution in [0.25, 0.3) is 11.4 Å². The molecule has 0 spiro atoms. The van der Waals surface area contributed by atoms with Crippen LogP contribution >= 0.6 is 0 Å². The van der Waals surface area contributed by atoms with Gasteiger partial charge in [-0.15, -0.1) is 10.2 Å². The highest BCUT2D eigenvalue weighted by molar-refractivity contribution is 5.90. The number of rotatable bonds is 4. The maximum absolute atomic E-state index is 12.8. The topological polar surface area (TPSA) is 91.2 Å². The third kappa shape index (κ3) is 4.28. The van der Waals surface area contributed by atoms with E-state index in [0.29, 0.717) is 30.4 Å². The average Bonchev–Trinajstić information content (AvgIpc) is 3.15. The number of fused-ring (bicyclic) bond motifs is 1. The lowest BCUT2D eigenvalue weighted by atomic mass is 10.1. The van der Waals surface area contributed by atoms with E-state index in [-0.39, 0.29) is 17.9 Å². The van der Waals surface area contributed by atoms with Crippen LogP contribution in [0.5, 0.6) is 11.5 Å². The number of nitrogens with zero attached hydrogens (tertiary/aromatic N) is 4. The SMILES string of the molecule is O=C(Cn1nnc(-c2cccc(C(F)(F)F)c2)n1)Nc1ccc2c(c1)OCCO2. The number of carbonyl (C=O) groups is 1. The minimum absolute atomic E-state index is 0.0109. The molecule has 4 rings (SSSR count). The van der Waals surface area contributed by atoms with E-state index in [4.69, 9.17) is 9.47 Å². The van der Waals surface area contributed by atoms with E-state index in [1.165, 1.54) is 12.1 Å². The van der Waals surface area contributed by atoms with Crippen molar-refractivity contribution in [3.05, 3.63) is 48.0 Å². The molecule has 1 aliphatic heterocycles. The summed E-state index contributed by atoms with van der Waals surface area (Å²) in [7, 11) is 0. The standard InChI is InChI=1S/C18H14F3N5O3/c19-18(20,21)12-3-1-2-11(8-12)17-23-25-26(24-17)10-16(27)22-13-4-5-14-15(9-13)29-7-6-28-14/h1-5,8-9H,6-7,10H2,(H,22,27). The summed E-state index contributed by atoms with van der Waals surface area (Å²) in [5, 5.41) is 14.1. The molecule has 1 N–H and O–H groups in total. The molecule has 1 aromatic heterocycles. The van der Waals surface area contributed by atoms with Crippen LogP contribution < -0.4 is 14.8 Å². The van der Waals surface area contributed by atoms with Gasteiger partial charge in [-0.3, -0.25) is 4.79 Å². The lowest BCUT2D eigenvalue weighted by Crippen LogP contribution is -2.21. The molecule has 2 heterocycles. The number of benzene rings is 2. The first-order valence-electron chi connectivity index (χ1n) is 8.53. The maximum atomic E-state index is 12.8. The molecule has 11 heteroatoms. The van der Waals surface area contributed by atoms with Crippen molar-refractivity contribution in [2.75, 3.05) is 18.5 Å². The van der Waals surface area contributed by atoms with Crippen LogP contribution in [0.4, 0.5) is 18.9 Å². The molecule has 0 radical (unpaired) electrons. The quantitative estimate of drug-likeness (QED) is 0.718. The van der Waals surface area contributed by atoms with Gasteiger partial charge in [0.1, 0.15) is 19.8 Å². The number of hydrogen-bond donors (Lipinski definition) is 1. The predicted octanol–water partition coefficient (Wildman–Crippen LogP) is 2.77. The Bertz CT molecular complexity index is 1050. The minimum Gasteiger partial charge on any atom is -0.486 e. The van der Waals surface area contributed by atoms with Gasteiger partial charge in [0.25, 0.3) is 0 Å². The van der Waals surface area contributed by atoms with Gasteiger partial charge in [0.2, 0.25) is 11.7 Å². The Morgan fingerprint density at radius 2 is 1.90 bits per heavy atom. The number of tetrazole rings is 1. The van der Waals surface area contributed by atoms with Gasteiger partial charge in [0.05, 0.1) is 5.56 Å². The van der Waals surface area contributed by atoms with Crippen LogP contribution in [0.2, 0.25) is 0 Å². The molecule has 0 saturated carbocycles. The molecule has 150 valence electrons. The van der Waals surface area contributed by atoms with Crippen LogP contribution in [0, 0.1) is 0 Å². The fourth-order valence-corrected chi connectivity index (χ4v) is 2.71. The van der Waals surface area contributed by atoms with Gasteiger partial charge >= 0.3 is 6.18 Å². The monoisotopic (exact) mass is 405 g/mol. The number of halogens is 3. The van der Waals surface area contributed by atoms with Crippen molar-refractivity contribution in [2.45, 2.75) is 12.7 Å². The van der Waals surface area contributed by atoms with Crippen LogP contribution in [-0.4, -0.2) is 39.3 Å². The first-order valence-corrected chi connectivity index (χ1v) is 8.53. The lowest BCUT2D eigenvalue weighted by Gasteiger charge is -2.18. The summed E-state index contributed by atoms with van der Waals surface area (Å²) in [5.74, 6) is 0.676. The number of alkyl halides is 3. The second-order valence-electron chi connectivity index (χ2n) is 6.13. The van der Waals surface area contributed by atoms with Crippen LogP contribution in [0.1, 0.15) is 5.56 Å². The number of aromatic nitrogens is 4. The molecule has 8 nitrogen and oxygen atoms in total. The fourth-order valence-electron chi connectivity index (χ4n) is 2.71. The Balaban J connectivity index is 1.43. The molecule has 29 heavy (non-hydrogen) atoms. The number of hydrogen-bond acceptors (Lipinski definition) is 6. The second-order valence-corrected chi connectivity index (χ2v) is 6.13. The van der Waals surface area contributed by atoms with Crippen LogP contribution in [0.15, 0.2) is 42.5 Å². The van der Waals surface area contributed by atoms with Crippen LogP contribution in [-0.2, 0) is 17.5 Å². The largest absolute Gasteiger partial charge is 0.486 e. The summed E-state index contributed by atoms with van der Waals surface area (Å²) in [5.41, 5.74) is -0.168. The maximum Gasteiger partial charge on any atom is 0.416 e. The number of ether oxygens (including phenoxy) is 2.